The zero-order valence-corrected chi connectivity index (χ0v) is 24.8. The van der Waals surface area contributed by atoms with Gasteiger partial charge < -0.3 is 60.9 Å². The second kappa shape index (κ2) is 13.1. The fourth-order valence-corrected chi connectivity index (χ4v) is 5.75. The Morgan fingerprint density at radius 2 is 1.35 bits per heavy atom. The van der Waals surface area contributed by atoms with Gasteiger partial charge in [0.25, 0.3) is 0 Å². The lowest BCUT2D eigenvalue weighted by molar-refractivity contribution is -0.0664. The molecule has 3 aliphatic heterocycles. The summed E-state index contributed by atoms with van der Waals surface area (Å²) in [5, 5.41) is 39.1. The molecular weight excluding hydrogens is 666 g/mol. The van der Waals surface area contributed by atoms with Crippen LogP contribution in [0.15, 0.2) is 25.3 Å². The van der Waals surface area contributed by atoms with Crippen molar-refractivity contribution in [3.05, 3.63) is 25.3 Å². The summed E-state index contributed by atoms with van der Waals surface area (Å²) < 4.78 is 43.9. The number of anilines is 2. The molecule has 0 amide bonds. The second-order valence-electron chi connectivity index (χ2n) is 9.80. The summed E-state index contributed by atoms with van der Waals surface area (Å²) in [6.07, 6.45) is -2.49. The van der Waals surface area contributed by atoms with Crippen LogP contribution >= 0.6 is 15.6 Å². The van der Waals surface area contributed by atoms with E-state index in [0.717, 1.165) is 0 Å². The number of phosphoric acid groups is 2. The highest BCUT2D eigenvalue weighted by atomic mass is 31.2. The molecule has 0 radical (unpaired) electrons. The first kappa shape index (κ1) is 34.0. The van der Waals surface area contributed by atoms with E-state index in [0.29, 0.717) is 22.3 Å². The van der Waals surface area contributed by atoms with Gasteiger partial charge in [-0.05, 0) is 0 Å². The lowest BCUT2D eigenvalue weighted by Gasteiger charge is -2.27. The fourth-order valence-electron chi connectivity index (χ4n) is 4.79. The maximum atomic E-state index is 11.5. The quantitative estimate of drug-likeness (QED) is 0.0921. The lowest BCUT2D eigenvalue weighted by Crippen LogP contribution is -2.39. The zero-order valence-electron chi connectivity index (χ0n) is 23.0. The molecule has 7 rings (SSSR count). The van der Waals surface area contributed by atoms with Gasteiger partial charge in [0.05, 0.1) is 25.9 Å². The Morgan fingerprint density at radius 3 is 1.83 bits per heavy atom. The predicted molar refractivity (Wildman–Crippen MR) is 147 cm³/mol. The molecule has 0 saturated carbocycles. The zero-order chi connectivity index (χ0) is 33.6. The van der Waals surface area contributed by atoms with E-state index in [1.54, 1.807) is 0 Å². The number of rotatable bonds is 3. The normalized spacial score (nSPS) is 32.4. The molecule has 4 aromatic rings. The fraction of sp³-hybridized carbons (Fsp3) is 0.500. The molecule has 0 aliphatic carbocycles. The van der Waals surface area contributed by atoms with Crippen molar-refractivity contribution in [3.63, 3.8) is 0 Å². The first-order valence-corrected chi connectivity index (χ1v) is 15.9. The van der Waals surface area contributed by atoms with Gasteiger partial charge in [-0.1, -0.05) is 0 Å². The maximum Gasteiger partial charge on any atom is 0.472 e. The van der Waals surface area contributed by atoms with Gasteiger partial charge in [0, 0.05) is 0 Å². The average molecular weight is 694 g/mol. The minimum Gasteiger partial charge on any atom is -0.394 e. The highest BCUT2D eigenvalue weighted by molar-refractivity contribution is 7.47. The lowest BCUT2D eigenvalue weighted by atomic mass is 10.1. The van der Waals surface area contributed by atoms with Crippen LogP contribution in [0.1, 0.15) is 12.5 Å². The first-order chi connectivity index (χ1) is 21.6. The van der Waals surface area contributed by atoms with Crippen LogP contribution in [0, 0.1) is 0 Å². The van der Waals surface area contributed by atoms with Crippen LogP contribution in [-0.2, 0) is 27.7 Å². The Kier molecular flexibility index (Phi) is 9.66. The van der Waals surface area contributed by atoms with E-state index in [4.69, 9.17) is 49.8 Å². The van der Waals surface area contributed by atoms with E-state index in [9.17, 15) is 24.8 Å². The molecule has 24 nitrogen and oxygen atoms in total. The van der Waals surface area contributed by atoms with Crippen LogP contribution in [0.4, 0.5) is 11.6 Å². The third kappa shape index (κ3) is 7.00. The predicted octanol–water partition coefficient (Wildman–Crippen LogP) is -3.73. The van der Waals surface area contributed by atoms with Crippen molar-refractivity contribution in [3.8, 4) is 0 Å². The third-order valence-electron chi connectivity index (χ3n) is 6.81. The van der Waals surface area contributed by atoms with Gasteiger partial charge in [-0.25, -0.2) is 39.0 Å². The van der Waals surface area contributed by atoms with Crippen LogP contribution in [-0.4, -0.2) is 129 Å². The highest BCUT2D eigenvalue weighted by Crippen LogP contribution is 2.52. The van der Waals surface area contributed by atoms with E-state index in [1.165, 1.54) is 34.4 Å². The second-order valence-corrected chi connectivity index (χ2v) is 12.2. The monoisotopic (exact) mass is 694 g/mol. The van der Waals surface area contributed by atoms with E-state index in [1.807, 2.05) is 0 Å². The van der Waals surface area contributed by atoms with E-state index in [2.05, 4.69) is 34.4 Å². The van der Waals surface area contributed by atoms with Gasteiger partial charge in [0.2, 0.25) is 0 Å². The van der Waals surface area contributed by atoms with Crippen LogP contribution < -0.4 is 11.5 Å². The smallest absolute Gasteiger partial charge is 0.394 e. The van der Waals surface area contributed by atoms with Crippen LogP contribution in [0.3, 0.4) is 0 Å². The molecule has 252 valence electrons. The summed E-state index contributed by atoms with van der Waals surface area (Å²) in [6.45, 7) is -0.547. The van der Waals surface area contributed by atoms with E-state index < -0.39 is 71.3 Å². The van der Waals surface area contributed by atoms with Crippen LogP contribution in [0.2, 0.25) is 0 Å². The molecule has 3 saturated heterocycles. The van der Waals surface area contributed by atoms with E-state index in [-0.39, 0.29) is 18.2 Å². The number of aromatic nitrogens is 8. The van der Waals surface area contributed by atoms with E-state index >= 15 is 0 Å². The summed E-state index contributed by atoms with van der Waals surface area (Å²) >= 11 is 0. The Bertz CT molecular complexity index is 1780. The standard InChI is InChI=1S/C10H12N5O6P.C10H13N5O4.H3O4P/c11-8-5-9(13-2-12-8)15(3-14-5)10-6(16)7-4(20-10)1-19-22(17,18)21-7;11-8-5-9(13-2-12-8)15(3-14-5)10-7(18)6(17)4(1-16)19-10;1-5(2,3)4/h2-4,6-7,10,16H,1H2,(H,17,18)(H2,11,12,13);2-4,6-7,10,16-18H,1H2,(H2,11,12,13);(H3,1,2,3,4)/t2*4-,6-,7-,10-;/m11./s1. The van der Waals surface area contributed by atoms with Crippen molar-refractivity contribution in [1.82, 2.24) is 39.0 Å². The number of hydrogen-bond acceptors (Lipinski definition) is 18. The van der Waals surface area contributed by atoms with Crippen molar-refractivity contribution >= 4 is 49.6 Å². The number of aliphatic hydroxyl groups is 4. The molecule has 46 heavy (non-hydrogen) atoms. The molecule has 12 N–H and O–H groups in total. The number of nitrogens with zero attached hydrogens (tertiary/aromatic N) is 8. The molecule has 9 atom stereocenters. The van der Waals surface area contributed by atoms with Crippen molar-refractivity contribution in [2.24, 2.45) is 0 Å². The van der Waals surface area contributed by atoms with Gasteiger partial charge in [-0.3, -0.25) is 18.2 Å². The minimum atomic E-state index is -4.64. The number of nitrogen functional groups attached to an aromatic ring is 2. The van der Waals surface area contributed by atoms with Crippen molar-refractivity contribution < 1.29 is 67.7 Å². The minimum absolute atomic E-state index is 0.157. The molecule has 3 aliphatic rings. The van der Waals surface area contributed by atoms with Crippen LogP contribution in [0.25, 0.3) is 22.3 Å². The molecule has 0 aromatic carbocycles. The number of aliphatic hydroxyl groups excluding tert-OH is 4. The summed E-state index contributed by atoms with van der Waals surface area (Å²) in [4.78, 5) is 54.8. The number of fused-ring (bicyclic) bond motifs is 3. The molecule has 3 fully saturated rings. The topological polar surface area (TPSA) is 372 Å². The largest absolute Gasteiger partial charge is 0.472 e. The number of imidazole rings is 2. The summed E-state index contributed by atoms with van der Waals surface area (Å²) in [5.41, 5.74) is 12.9. The Hall–Kier alpha value is -3.32. The van der Waals surface area contributed by atoms with Crippen molar-refractivity contribution in [2.75, 3.05) is 24.7 Å². The highest BCUT2D eigenvalue weighted by Gasteiger charge is 2.52. The van der Waals surface area contributed by atoms with Gasteiger partial charge in [-0.15, -0.1) is 0 Å². The van der Waals surface area contributed by atoms with Crippen LogP contribution in [0.5, 0.6) is 0 Å². The first-order valence-electron chi connectivity index (χ1n) is 12.9. The molecule has 0 bridgehead atoms. The number of nitrogens with two attached hydrogens (primary N) is 2. The maximum absolute atomic E-state index is 11.5. The summed E-state index contributed by atoms with van der Waals surface area (Å²) in [6, 6.07) is 0. The molecule has 26 heteroatoms. The molecule has 1 unspecified atom stereocenters. The SMILES string of the molecule is Nc1ncnc2c1ncn2[C@@H]1O[C@@H]2COP(=O)(O)O[C@H]2[C@H]1O.Nc1ncnc2c1ncn2[C@@H]1O[C@H](CO)[C@@H](O)[C@H]1O.O=P(O)(O)O. The van der Waals surface area contributed by atoms with Crippen molar-refractivity contribution in [1.29, 1.82) is 0 Å². The third-order valence-corrected chi connectivity index (χ3v) is 7.79. The number of phosphoric ester groups is 1. The Morgan fingerprint density at radius 1 is 0.848 bits per heavy atom. The number of ether oxygens (including phenoxy) is 2. The average Bonchev–Trinajstić information content (AvgIpc) is 3.74. The Balaban J connectivity index is 0.000000160. The molecule has 7 heterocycles. The summed E-state index contributed by atoms with van der Waals surface area (Å²) in [7, 11) is -8.80. The Labute approximate surface area is 255 Å². The molecular formula is C20H28N10O14P2. The van der Waals surface area contributed by atoms with Gasteiger partial charge in [0.1, 0.15) is 60.3 Å². The summed E-state index contributed by atoms with van der Waals surface area (Å²) in [5.74, 6) is 0.420. The number of hydrogen-bond donors (Lipinski definition) is 10. The molecule has 4 aromatic heterocycles. The molecule has 0 spiro atoms. The van der Waals surface area contributed by atoms with Gasteiger partial charge >= 0.3 is 15.6 Å². The van der Waals surface area contributed by atoms with Crippen molar-refractivity contribution in [2.45, 2.75) is 49.1 Å². The van der Waals surface area contributed by atoms with Gasteiger partial charge in [0.15, 0.2) is 35.4 Å². The van der Waals surface area contributed by atoms with Gasteiger partial charge in [-0.2, -0.15) is 0 Å².